The predicted molar refractivity (Wildman–Crippen MR) is 106 cm³/mol. The van der Waals surface area contributed by atoms with E-state index in [2.05, 4.69) is 4.74 Å². The molecule has 0 spiro atoms. The van der Waals surface area contributed by atoms with Crippen LogP contribution in [0, 0.1) is 5.82 Å². The minimum absolute atomic E-state index is 0.182. The van der Waals surface area contributed by atoms with E-state index >= 15 is 0 Å². The van der Waals surface area contributed by atoms with Gasteiger partial charge in [-0.25, -0.2) is 4.39 Å². The highest BCUT2D eigenvalue weighted by molar-refractivity contribution is 5.35. The number of para-hydroxylation sites is 1. The van der Waals surface area contributed by atoms with Crippen LogP contribution in [0.1, 0.15) is 11.1 Å². The third-order valence-corrected chi connectivity index (χ3v) is 4.58. The summed E-state index contributed by atoms with van der Waals surface area (Å²) in [4.78, 5) is 0. The van der Waals surface area contributed by atoms with Crippen LogP contribution in [0.4, 0.5) is 30.7 Å². The summed E-state index contributed by atoms with van der Waals surface area (Å²) in [5, 5.41) is 10.3. The molecule has 0 saturated heterocycles. The predicted octanol–water partition coefficient (Wildman–Crippen LogP) is 6.48. The minimum Gasteiger partial charge on any atom is -0.454 e. The van der Waals surface area contributed by atoms with Gasteiger partial charge < -0.3 is 19.3 Å². The smallest absolute Gasteiger partial charge is 0.454 e. The van der Waals surface area contributed by atoms with Crippen LogP contribution in [0.15, 0.2) is 72.8 Å². The van der Waals surface area contributed by atoms with Gasteiger partial charge in [-0.2, -0.15) is 13.2 Å². The van der Waals surface area contributed by atoms with Crippen LogP contribution in [0.5, 0.6) is 17.2 Å². The number of alkyl halides is 6. The van der Waals surface area contributed by atoms with Crippen molar-refractivity contribution in [2.75, 3.05) is 6.61 Å². The first-order valence-electron chi connectivity index (χ1n) is 9.62. The van der Waals surface area contributed by atoms with Gasteiger partial charge in [-0.3, -0.25) is 0 Å². The molecule has 0 heterocycles. The van der Waals surface area contributed by atoms with Crippen molar-refractivity contribution in [3.05, 3.63) is 89.7 Å². The average Bonchev–Trinajstić information content (AvgIpc) is 2.75. The lowest BCUT2D eigenvalue weighted by molar-refractivity contribution is -0.283. The van der Waals surface area contributed by atoms with E-state index in [1.807, 2.05) is 0 Å². The molecular formula is C23H17F7O4. The highest BCUT2D eigenvalue weighted by atomic mass is 19.4. The SMILES string of the molecule is OC(COCc1ccc(F)c(Oc2ccccc2)c1)(c1ccc(OC(F)(F)F)cc1)C(F)(F)F. The molecule has 3 aromatic carbocycles. The molecule has 11 heteroatoms. The zero-order valence-corrected chi connectivity index (χ0v) is 17.2. The molecule has 1 N–H and O–H groups in total. The maximum atomic E-state index is 14.0. The quantitative estimate of drug-likeness (QED) is 0.367. The molecule has 0 aliphatic heterocycles. The van der Waals surface area contributed by atoms with Crippen LogP contribution in [0.3, 0.4) is 0 Å². The van der Waals surface area contributed by atoms with Crippen molar-refractivity contribution in [3.63, 3.8) is 0 Å². The minimum atomic E-state index is -5.22. The summed E-state index contributed by atoms with van der Waals surface area (Å²) in [5.74, 6) is -1.30. The Morgan fingerprint density at radius 3 is 2.00 bits per heavy atom. The molecule has 0 bridgehead atoms. The molecule has 1 unspecified atom stereocenters. The van der Waals surface area contributed by atoms with E-state index < -0.39 is 48.5 Å². The Hall–Kier alpha value is -3.31. The molecule has 4 nitrogen and oxygen atoms in total. The number of ether oxygens (including phenoxy) is 3. The molecule has 0 fully saturated rings. The number of aliphatic hydroxyl groups is 1. The lowest BCUT2D eigenvalue weighted by Crippen LogP contribution is -2.46. The number of hydrogen-bond donors (Lipinski definition) is 1. The first-order chi connectivity index (χ1) is 15.9. The Morgan fingerprint density at radius 2 is 1.41 bits per heavy atom. The van der Waals surface area contributed by atoms with Crippen LogP contribution in [-0.4, -0.2) is 24.3 Å². The van der Waals surface area contributed by atoms with E-state index in [4.69, 9.17) is 9.47 Å². The normalized spacial score (nSPS) is 13.9. The van der Waals surface area contributed by atoms with E-state index in [-0.39, 0.29) is 11.3 Å². The van der Waals surface area contributed by atoms with Crippen LogP contribution >= 0.6 is 0 Å². The summed E-state index contributed by atoms with van der Waals surface area (Å²) in [6.07, 6.45) is -10.2. The van der Waals surface area contributed by atoms with E-state index in [9.17, 15) is 35.8 Å². The highest BCUT2D eigenvalue weighted by Crippen LogP contribution is 2.40. The van der Waals surface area contributed by atoms with Gasteiger partial charge in [0.1, 0.15) is 11.5 Å². The molecule has 182 valence electrons. The first-order valence-corrected chi connectivity index (χ1v) is 9.62. The molecule has 0 saturated carbocycles. The Morgan fingerprint density at radius 1 is 0.765 bits per heavy atom. The van der Waals surface area contributed by atoms with Crippen LogP contribution in [0.25, 0.3) is 0 Å². The lowest BCUT2D eigenvalue weighted by Gasteiger charge is -2.31. The summed E-state index contributed by atoms with van der Waals surface area (Å²) in [7, 11) is 0. The van der Waals surface area contributed by atoms with Gasteiger partial charge in [0.25, 0.3) is 0 Å². The number of rotatable bonds is 8. The summed E-state index contributed by atoms with van der Waals surface area (Å²) >= 11 is 0. The number of benzene rings is 3. The summed E-state index contributed by atoms with van der Waals surface area (Å²) in [6.45, 7) is -1.72. The zero-order chi connectivity index (χ0) is 25.0. The molecule has 3 aromatic rings. The highest BCUT2D eigenvalue weighted by Gasteiger charge is 2.55. The Balaban J connectivity index is 1.72. The van der Waals surface area contributed by atoms with Crippen LogP contribution < -0.4 is 9.47 Å². The van der Waals surface area contributed by atoms with Gasteiger partial charge in [0.05, 0.1) is 13.2 Å². The zero-order valence-electron chi connectivity index (χ0n) is 17.2. The van der Waals surface area contributed by atoms with Crippen molar-refractivity contribution in [3.8, 4) is 17.2 Å². The van der Waals surface area contributed by atoms with Gasteiger partial charge in [0.15, 0.2) is 11.6 Å². The fourth-order valence-electron chi connectivity index (χ4n) is 2.91. The molecular weight excluding hydrogens is 473 g/mol. The van der Waals surface area contributed by atoms with E-state index in [1.165, 1.54) is 12.1 Å². The third-order valence-electron chi connectivity index (χ3n) is 4.58. The Bertz CT molecular complexity index is 1080. The second-order valence-electron chi connectivity index (χ2n) is 7.10. The molecule has 0 aromatic heterocycles. The second-order valence-corrected chi connectivity index (χ2v) is 7.10. The fraction of sp³-hybridized carbons (Fsp3) is 0.217. The van der Waals surface area contributed by atoms with Crippen molar-refractivity contribution < 1.29 is 50.1 Å². The maximum Gasteiger partial charge on any atom is 0.573 e. The number of halogens is 7. The van der Waals surface area contributed by atoms with Gasteiger partial charge in [0.2, 0.25) is 5.60 Å². The molecule has 0 radical (unpaired) electrons. The third kappa shape index (κ3) is 6.39. The van der Waals surface area contributed by atoms with E-state index in [0.717, 1.165) is 6.07 Å². The number of hydrogen-bond acceptors (Lipinski definition) is 4. The average molecular weight is 490 g/mol. The van der Waals surface area contributed by atoms with Crippen molar-refractivity contribution in [1.29, 1.82) is 0 Å². The van der Waals surface area contributed by atoms with Gasteiger partial charge in [-0.15, -0.1) is 13.2 Å². The van der Waals surface area contributed by atoms with Gasteiger partial charge in [-0.05, 0) is 47.5 Å². The Labute approximate surface area is 189 Å². The topological polar surface area (TPSA) is 47.9 Å². The molecule has 0 amide bonds. The first kappa shape index (κ1) is 25.3. The standard InChI is InChI=1S/C23H17F7O4/c24-19-11-6-15(12-20(19)33-17-4-2-1-3-5-17)13-32-14-21(31,22(25,26)27)16-7-9-18(10-8-16)34-23(28,29)30/h1-12,31H,13-14H2. The van der Waals surface area contributed by atoms with Crippen molar-refractivity contribution in [1.82, 2.24) is 0 Å². The maximum absolute atomic E-state index is 14.0. The van der Waals surface area contributed by atoms with Crippen LogP contribution in [-0.2, 0) is 16.9 Å². The van der Waals surface area contributed by atoms with E-state index in [1.54, 1.807) is 30.3 Å². The largest absolute Gasteiger partial charge is 0.573 e. The summed E-state index contributed by atoms with van der Waals surface area (Å²) in [5.41, 5.74) is -4.01. The second kappa shape index (κ2) is 9.90. The molecule has 0 aliphatic rings. The van der Waals surface area contributed by atoms with Crippen molar-refractivity contribution in [2.45, 2.75) is 24.7 Å². The molecule has 0 aliphatic carbocycles. The summed E-state index contributed by atoms with van der Waals surface area (Å²) < 4.78 is 106. The molecule has 1 atom stereocenters. The van der Waals surface area contributed by atoms with Gasteiger partial charge in [-0.1, -0.05) is 36.4 Å². The lowest BCUT2D eigenvalue weighted by atomic mass is 9.94. The van der Waals surface area contributed by atoms with Gasteiger partial charge >= 0.3 is 12.5 Å². The van der Waals surface area contributed by atoms with E-state index in [0.29, 0.717) is 30.0 Å². The van der Waals surface area contributed by atoms with Crippen LogP contribution in [0.2, 0.25) is 0 Å². The fourth-order valence-corrected chi connectivity index (χ4v) is 2.91. The Kier molecular flexibility index (Phi) is 7.37. The molecule has 3 rings (SSSR count). The monoisotopic (exact) mass is 490 g/mol. The summed E-state index contributed by atoms with van der Waals surface area (Å²) in [6, 6.07) is 14.4. The van der Waals surface area contributed by atoms with Crippen molar-refractivity contribution in [2.24, 2.45) is 0 Å². The molecule has 34 heavy (non-hydrogen) atoms. The van der Waals surface area contributed by atoms with Crippen molar-refractivity contribution >= 4 is 0 Å². The van der Waals surface area contributed by atoms with Gasteiger partial charge in [0, 0.05) is 0 Å².